The highest BCUT2D eigenvalue weighted by molar-refractivity contribution is 6.12. The molecule has 0 fully saturated rings. The SMILES string of the molecule is COC(=O)c1ccc2c(c1)nc(-c1ccccc1)c1ccncc12.O=C(O)c1ccc2c(c1)nc(-c1ccccc1)c1ccncc12. The van der Waals surface area contributed by atoms with Gasteiger partial charge in [0.25, 0.3) is 0 Å². The van der Waals surface area contributed by atoms with Gasteiger partial charge in [-0.05, 0) is 36.4 Å². The van der Waals surface area contributed by atoms with Gasteiger partial charge in [0.2, 0.25) is 0 Å². The molecule has 0 unspecified atom stereocenters. The van der Waals surface area contributed by atoms with Gasteiger partial charge < -0.3 is 9.84 Å². The van der Waals surface area contributed by atoms with Crippen molar-refractivity contribution >= 4 is 55.3 Å². The number of esters is 1. The summed E-state index contributed by atoms with van der Waals surface area (Å²) in [5, 5.41) is 15.1. The average molecular weight is 615 g/mol. The van der Waals surface area contributed by atoms with Crippen LogP contribution >= 0.6 is 0 Å². The van der Waals surface area contributed by atoms with Crippen LogP contribution < -0.4 is 0 Å². The first-order chi connectivity index (χ1) is 23.0. The van der Waals surface area contributed by atoms with Gasteiger partial charge in [0, 0.05) is 68.2 Å². The van der Waals surface area contributed by atoms with E-state index in [0.29, 0.717) is 11.1 Å². The highest BCUT2D eigenvalue weighted by atomic mass is 16.5. The Morgan fingerprint density at radius 1 is 0.553 bits per heavy atom. The predicted octanol–water partition coefficient (Wildman–Crippen LogP) is 8.38. The fourth-order valence-corrected chi connectivity index (χ4v) is 5.71. The first-order valence-electron chi connectivity index (χ1n) is 14.8. The minimum Gasteiger partial charge on any atom is -0.478 e. The van der Waals surface area contributed by atoms with Gasteiger partial charge >= 0.3 is 11.9 Å². The Balaban J connectivity index is 0.000000150. The molecule has 226 valence electrons. The Labute approximate surface area is 269 Å². The maximum absolute atomic E-state index is 11.8. The molecule has 0 aliphatic heterocycles. The number of ether oxygens (including phenoxy) is 1. The van der Waals surface area contributed by atoms with E-state index in [-0.39, 0.29) is 11.5 Å². The summed E-state index contributed by atoms with van der Waals surface area (Å²) in [6.07, 6.45) is 7.15. The standard InChI is InChI=1S/C20H14N2O2.C19H12N2O2/c1-24-20(23)14-7-8-15-17-12-21-10-9-16(17)19(22-18(15)11-14)13-5-3-2-4-6-13;22-19(23)13-6-7-14-16-11-20-9-8-15(16)18(21-17(14)10-13)12-4-2-1-3-5-12/h2-12H,1H3;1-11H,(H,22,23). The van der Waals surface area contributed by atoms with Gasteiger partial charge in [-0.2, -0.15) is 0 Å². The van der Waals surface area contributed by atoms with Gasteiger partial charge in [-0.25, -0.2) is 19.6 Å². The first-order valence-corrected chi connectivity index (χ1v) is 14.8. The van der Waals surface area contributed by atoms with Crippen molar-refractivity contribution in [3.63, 3.8) is 0 Å². The van der Waals surface area contributed by atoms with E-state index in [1.807, 2.05) is 85.1 Å². The van der Waals surface area contributed by atoms with Crippen LogP contribution in [0, 0.1) is 0 Å². The van der Waals surface area contributed by atoms with Crippen molar-refractivity contribution in [1.82, 2.24) is 19.9 Å². The first kappa shape index (κ1) is 29.2. The molecule has 1 N–H and O–H groups in total. The third kappa shape index (κ3) is 5.60. The lowest BCUT2D eigenvalue weighted by Gasteiger charge is -2.10. The number of hydrogen-bond donors (Lipinski definition) is 1. The van der Waals surface area contributed by atoms with Crippen LogP contribution in [0.25, 0.3) is 65.9 Å². The Hall–Kier alpha value is -6.54. The third-order valence-electron chi connectivity index (χ3n) is 7.96. The van der Waals surface area contributed by atoms with E-state index < -0.39 is 5.97 Å². The summed E-state index contributed by atoms with van der Waals surface area (Å²) in [6, 6.07) is 34.2. The fraction of sp³-hybridized carbons (Fsp3) is 0.0256. The number of nitrogens with zero attached hydrogens (tertiary/aromatic N) is 4. The van der Waals surface area contributed by atoms with Crippen LogP contribution in [-0.2, 0) is 4.74 Å². The second-order valence-electron chi connectivity index (χ2n) is 10.8. The fourth-order valence-electron chi connectivity index (χ4n) is 5.71. The van der Waals surface area contributed by atoms with Gasteiger partial charge in [0.15, 0.2) is 0 Å². The number of carbonyl (C=O) groups is 2. The molecule has 0 saturated heterocycles. The molecule has 8 nitrogen and oxygen atoms in total. The molecule has 0 saturated carbocycles. The summed E-state index contributed by atoms with van der Waals surface area (Å²) < 4.78 is 4.81. The van der Waals surface area contributed by atoms with E-state index in [0.717, 1.165) is 60.3 Å². The Morgan fingerprint density at radius 3 is 1.49 bits per heavy atom. The quantitative estimate of drug-likeness (QED) is 0.155. The molecule has 47 heavy (non-hydrogen) atoms. The molecular weight excluding hydrogens is 588 g/mol. The molecule has 8 heteroatoms. The van der Waals surface area contributed by atoms with Gasteiger partial charge in [0.1, 0.15) is 0 Å². The van der Waals surface area contributed by atoms with E-state index in [1.165, 1.54) is 7.11 Å². The molecule has 0 bridgehead atoms. The number of benzene rings is 4. The van der Waals surface area contributed by atoms with Crippen molar-refractivity contribution in [3.05, 3.63) is 145 Å². The second kappa shape index (κ2) is 12.5. The van der Waals surface area contributed by atoms with Crippen LogP contribution in [0.2, 0.25) is 0 Å². The van der Waals surface area contributed by atoms with Crippen LogP contribution in [0.5, 0.6) is 0 Å². The molecule has 8 aromatic rings. The monoisotopic (exact) mass is 614 g/mol. The van der Waals surface area contributed by atoms with Gasteiger partial charge in [-0.3, -0.25) is 9.97 Å². The van der Waals surface area contributed by atoms with Crippen molar-refractivity contribution in [2.45, 2.75) is 0 Å². The summed E-state index contributed by atoms with van der Waals surface area (Å²) >= 11 is 0. The Bertz CT molecular complexity index is 2450. The number of carboxylic acids is 1. The van der Waals surface area contributed by atoms with E-state index in [2.05, 4.69) is 9.97 Å². The molecule has 8 rings (SSSR count). The van der Waals surface area contributed by atoms with Crippen molar-refractivity contribution in [1.29, 1.82) is 0 Å². The number of hydrogen-bond acceptors (Lipinski definition) is 7. The van der Waals surface area contributed by atoms with Crippen molar-refractivity contribution in [3.8, 4) is 22.5 Å². The zero-order valence-corrected chi connectivity index (χ0v) is 25.2. The van der Waals surface area contributed by atoms with Crippen LogP contribution in [0.4, 0.5) is 0 Å². The van der Waals surface area contributed by atoms with Gasteiger partial charge in [0.05, 0.1) is 40.7 Å². The predicted molar refractivity (Wildman–Crippen MR) is 183 cm³/mol. The maximum Gasteiger partial charge on any atom is 0.337 e. The van der Waals surface area contributed by atoms with Crippen molar-refractivity contribution < 1.29 is 19.4 Å². The lowest BCUT2D eigenvalue weighted by molar-refractivity contribution is 0.0600. The average Bonchev–Trinajstić information content (AvgIpc) is 3.14. The van der Waals surface area contributed by atoms with Gasteiger partial charge in [-0.15, -0.1) is 0 Å². The number of rotatable bonds is 4. The molecule has 4 aromatic carbocycles. The van der Waals surface area contributed by atoms with Crippen LogP contribution in [0.15, 0.2) is 134 Å². The molecule has 4 heterocycles. The summed E-state index contributed by atoms with van der Waals surface area (Å²) in [4.78, 5) is 41.0. The zero-order chi connectivity index (χ0) is 32.3. The van der Waals surface area contributed by atoms with Crippen molar-refractivity contribution in [2.24, 2.45) is 0 Å². The number of pyridine rings is 4. The van der Waals surface area contributed by atoms with E-state index in [9.17, 15) is 14.7 Å². The summed E-state index contributed by atoms with van der Waals surface area (Å²) in [5.74, 6) is -1.33. The summed E-state index contributed by atoms with van der Waals surface area (Å²) in [5.41, 5.74) is 5.85. The smallest absolute Gasteiger partial charge is 0.337 e. The molecular formula is C39H26N4O4. The van der Waals surface area contributed by atoms with Crippen molar-refractivity contribution in [2.75, 3.05) is 7.11 Å². The Morgan fingerprint density at radius 2 is 1.02 bits per heavy atom. The topological polar surface area (TPSA) is 115 Å². The van der Waals surface area contributed by atoms with Gasteiger partial charge in [-0.1, -0.05) is 72.8 Å². The molecule has 0 aliphatic carbocycles. The number of methoxy groups -OCH3 is 1. The van der Waals surface area contributed by atoms with Crippen LogP contribution in [0.3, 0.4) is 0 Å². The highest BCUT2D eigenvalue weighted by Crippen LogP contribution is 2.33. The largest absolute Gasteiger partial charge is 0.478 e. The normalized spacial score (nSPS) is 10.9. The summed E-state index contributed by atoms with van der Waals surface area (Å²) in [7, 11) is 1.37. The molecule has 0 spiro atoms. The number of aromatic carboxylic acids is 1. The zero-order valence-electron chi connectivity index (χ0n) is 25.2. The Kier molecular flexibility index (Phi) is 7.73. The molecule has 0 atom stereocenters. The molecule has 4 aromatic heterocycles. The molecule has 0 radical (unpaired) electrons. The minimum atomic E-state index is -0.957. The number of carboxylic acid groups (broad SMARTS) is 1. The number of carbonyl (C=O) groups excluding carboxylic acids is 1. The highest BCUT2D eigenvalue weighted by Gasteiger charge is 2.14. The lowest BCUT2D eigenvalue weighted by atomic mass is 10.0. The number of fused-ring (bicyclic) bond motifs is 6. The maximum atomic E-state index is 11.8. The number of aromatic nitrogens is 4. The van der Waals surface area contributed by atoms with Crippen LogP contribution in [-0.4, -0.2) is 44.1 Å². The van der Waals surface area contributed by atoms with E-state index >= 15 is 0 Å². The minimum absolute atomic E-state index is 0.229. The van der Waals surface area contributed by atoms with E-state index in [1.54, 1.807) is 48.9 Å². The summed E-state index contributed by atoms with van der Waals surface area (Å²) in [6.45, 7) is 0. The van der Waals surface area contributed by atoms with E-state index in [4.69, 9.17) is 14.7 Å². The second-order valence-corrected chi connectivity index (χ2v) is 10.8. The molecule has 0 aliphatic rings. The molecule has 0 amide bonds. The van der Waals surface area contributed by atoms with Crippen LogP contribution in [0.1, 0.15) is 20.7 Å². The third-order valence-corrected chi connectivity index (χ3v) is 7.96. The lowest BCUT2D eigenvalue weighted by Crippen LogP contribution is -2.01.